The number of para-hydroxylation sites is 2. The molecule has 0 saturated carbocycles. The smallest absolute Gasteiger partial charge is 0.226 e. The molecule has 5 heteroatoms. The summed E-state index contributed by atoms with van der Waals surface area (Å²) in [6, 6.07) is 13.7. The summed E-state index contributed by atoms with van der Waals surface area (Å²) in [5.41, 5.74) is 4.09. The van der Waals surface area contributed by atoms with Crippen LogP contribution < -0.4 is 10.1 Å². The maximum Gasteiger partial charge on any atom is 0.226 e. The summed E-state index contributed by atoms with van der Waals surface area (Å²) < 4.78 is 5.36. The van der Waals surface area contributed by atoms with E-state index in [0.717, 1.165) is 41.0 Å². The van der Waals surface area contributed by atoms with Crippen LogP contribution in [0.3, 0.4) is 0 Å². The van der Waals surface area contributed by atoms with E-state index in [1.807, 2.05) is 42.5 Å². The minimum Gasteiger partial charge on any atom is -0.496 e. The molecule has 150 valence electrons. The zero-order valence-corrected chi connectivity index (χ0v) is 17.2. The molecule has 0 saturated heterocycles. The van der Waals surface area contributed by atoms with E-state index in [1.165, 1.54) is 6.92 Å². The number of benzene rings is 2. The van der Waals surface area contributed by atoms with Gasteiger partial charge in [-0.2, -0.15) is 0 Å². The third kappa shape index (κ3) is 5.59. The quantitative estimate of drug-likeness (QED) is 0.707. The number of aryl methyl sites for hydroxylation is 2. The molecule has 28 heavy (non-hydrogen) atoms. The van der Waals surface area contributed by atoms with Gasteiger partial charge in [-0.3, -0.25) is 9.59 Å². The standard InChI is InChI=1S/C23H30N2O3/c1-5-18-11-9-12-19(6-2)23(18)24-22(27)14-15-25(17(3)26)16-20-10-7-8-13-21(20)28-4/h7-13H,5-6,14-16H2,1-4H3,(H,24,27). The summed E-state index contributed by atoms with van der Waals surface area (Å²) in [7, 11) is 1.61. The third-order valence-electron chi connectivity index (χ3n) is 4.87. The molecule has 0 heterocycles. The van der Waals surface area contributed by atoms with E-state index in [4.69, 9.17) is 4.74 Å². The van der Waals surface area contributed by atoms with Gasteiger partial charge >= 0.3 is 0 Å². The SMILES string of the molecule is CCc1cccc(CC)c1NC(=O)CCN(Cc1ccccc1OC)C(C)=O. The summed E-state index contributed by atoms with van der Waals surface area (Å²) in [5.74, 6) is 0.589. The van der Waals surface area contributed by atoms with Crippen LogP contribution in [0, 0.1) is 0 Å². The zero-order chi connectivity index (χ0) is 20.5. The molecule has 0 aliphatic heterocycles. The Balaban J connectivity index is 2.04. The molecule has 2 amide bonds. The van der Waals surface area contributed by atoms with Gasteiger partial charge in [-0.15, -0.1) is 0 Å². The average Bonchev–Trinajstić information content (AvgIpc) is 2.71. The van der Waals surface area contributed by atoms with Crippen LogP contribution in [0.15, 0.2) is 42.5 Å². The zero-order valence-electron chi connectivity index (χ0n) is 17.2. The summed E-state index contributed by atoms with van der Waals surface area (Å²) in [6.07, 6.45) is 1.96. The van der Waals surface area contributed by atoms with Crippen molar-refractivity contribution in [1.82, 2.24) is 4.90 Å². The maximum atomic E-state index is 12.6. The summed E-state index contributed by atoms with van der Waals surface area (Å²) in [5, 5.41) is 3.06. The molecule has 0 radical (unpaired) electrons. The number of hydrogen-bond acceptors (Lipinski definition) is 3. The van der Waals surface area contributed by atoms with Crippen molar-refractivity contribution < 1.29 is 14.3 Å². The lowest BCUT2D eigenvalue weighted by molar-refractivity contribution is -0.129. The highest BCUT2D eigenvalue weighted by Crippen LogP contribution is 2.23. The number of hydrogen-bond donors (Lipinski definition) is 1. The van der Waals surface area contributed by atoms with Gasteiger partial charge in [0.2, 0.25) is 11.8 Å². The van der Waals surface area contributed by atoms with Crippen molar-refractivity contribution in [3.05, 3.63) is 59.2 Å². The molecule has 0 unspecified atom stereocenters. The Kier molecular flexibility index (Phi) is 8.05. The number of ether oxygens (including phenoxy) is 1. The lowest BCUT2D eigenvalue weighted by Crippen LogP contribution is -2.31. The van der Waals surface area contributed by atoms with E-state index in [-0.39, 0.29) is 18.2 Å². The Hall–Kier alpha value is -2.82. The Morgan fingerprint density at radius 2 is 1.57 bits per heavy atom. The van der Waals surface area contributed by atoms with Crippen molar-refractivity contribution in [3.8, 4) is 5.75 Å². The molecule has 1 N–H and O–H groups in total. The van der Waals surface area contributed by atoms with Gasteiger partial charge in [-0.05, 0) is 30.0 Å². The number of amides is 2. The largest absolute Gasteiger partial charge is 0.496 e. The van der Waals surface area contributed by atoms with Crippen LogP contribution in [0.25, 0.3) is 0 Å². The first kappa shape index (κ1) is 21.5. The first-order chi connectivity index (χ1) is 13.5. The predicted octanol–water partition coefficient (Wildman–Crippen LogP) is 4.20. The van der Waals surface area contributed by atoms with Gasteiger partial charge in [0.25, 0.3) is 0 Å². The number of nitrogens with zero attached hydrogens (tertiary/aromatic N) is 1. The van der Waals surface area contributed by atoms with Crippen molar-refractivity contribution in [2.75, 3.05) is 19.0 Å². The number of rotatable bonds is 9. The lowest BCUT2D eigenvalue weighted by Gasteiger charge is -2.22. The van der Waals surface area contributed by atoms with E-state index < -0.39 is 0 Å². The molecule has 2 aromatic rings. The average molecular weight is 383 g/mol. The van der Waals surface area contributed by atoms with Crippen molar-refractivity contribution >= 4 is 17.5 Å². The molecule has 0 bridgehead atoms. The van der Waals surface area contributed by atoms with E-state index >= 15 is 0 Å². The molecular weight excluding hydrogens is 352 g/mol. The summed E-state index contributed by atoms with van der Waals surface area (Å²) >= 11 is 0. The monoisotopic (exact) mass is 382 g/mol. The second kappa shape index (κ2) is 10.5. The minimum atomic E-state index is -0.0816. The van der Waals surface area contributed by atoms with Crippen LogP contribution in [-0.4, -0.2) is 30.4 Å². The van der Waals surface area contributed by atoms with Crippen LogP contribution in [0.1, 0.15) is 43.9 Å². The number of carbonyl (C=O) groups excluding carboxylic acids is 2. The van der Waals surface area contributed by atoms with E-state index in [1.54, 1.807) is 12.0 Å². The highest BCUT2D eigenvalue weighted by molar-refractivity contribution is 5.92. The third-order valence-corrected chi connectivity index (χ3v) is 4.87. The predicted molar refractivity (Wildman–Crippen MR) is 113 cm³/mol. The second-order valence-electron chi connectivity index (χ2n) is 6.71. The van der Waals surface area contributed by atoms with Crippen LogP contribution in [0.4, 0.5) is 5.69 Å². The fourth-order valence-electron chi connectivity index (χ4n) is 3.23. The molecule has 0 atom stereocenters. The minimum absolute atomic E-state index is 0.0677. The molecule has 0 spiro atoms. The normalized spacial score (nSPS) is 10.4. The highest BCUT2D eigenvalue weighted by Gasteiger charge is 2.15. The topological polar surface area (TPSA) is 58.6 Å². The number of carbonyl (C=O) groups is 2. The van der Waals surface area contributed by atoms with Crippen molar-refractivity contribution in [1.29, 1.82) is 0 Å². The van der Waals surface area contributed by atoms with Crippen LogP contribution in [-0.2, 0) is 29.0 Å². The molecular formula is C23H30N2O3. The van der Waals surface area contributed by atoms with Crippen LogP contribution in [0.2, 0.25) is 0 Å². The number of methoxy groups -OCH3 is 1. The van der Waals surface area contributed by atoms with Gasteiger partial charge in [-0.25, -0.2) is 0 Å². The highest BCUT2D eigenvalue weighted by atomic mass is 16.5. The lowest BCUT2D eigenvalue weighted by atomic mass is 10.0. The Labute approximate surface area is 167 Å². The molecule has 0 aromatic heterocycles. The molecule has 2 rings (SSSR count). The van der Waals surface area contributed by atoms with Gasteiger partial charge in [-0.1, -0.05) is 50.2 Å². The maximum absolute atomic E-state index is 12.6. The van der Waals surface area contributed by atoms with Gasteiger partial charge < -0.3 is 15.0 Å². The summed E-state index contributed by atoms with van der Waals surface area (Å²) in [6.45, 7) is 6.45. The van der Waals surface area contributed by atoms with Gasteiger partial charge in [0.1, 0.15) is 5.75 Å². The number of nitrogens with one attached hydrogen (secondary N) is 1. The fraction of sp³-hybridized carbons (Fsp3) is 0.391. The van der Waals surface area contributed by atoms with Crippen LogP contribution >= 0.6 is 0 Å². The van der Waals surface area contributed by atoms with Gasteiger partial charge in [0.15, 0.2) is 0 Å². The summed E-state index contributed by atoms with van der Waals surface area (Å²) in [4.78, 5) is 26.3. The Morgan fingerprint density at radius 1 is 0.964 bits per heavy atom. The van der Waals surface area contributed by atoms with E-state index in [2.05, 4.69) is 19.2 Å². The van der Waals surface area contributed by atoms with Crippen molar-refractivity contribution in [2.24, 2.45) is 0 Å². The molecule has 0 aliphatic rings. The van der Waals surface area contributed by atoms with Gasteiger partial charge in [0.05, 0.1) is 7.11 Å². The van der Waals surface area contributed by atoms with Crippen molar-refractivity contribution in [2.45, 2.75) is 46.6 Å². The molecule has 5 nitrogen and oxygen atoms in total. The molecule has 0 fully saturated rings. The first-order valence-electron chi connectivity index (χ1n) is 9.78. The van der Waals surface area contributed by atoms with E-state index in [0.29, 0.717) is 13.1 Å². The first-order valence-corrected chi connectivity index (χ1v) is 9.78. The van der Waals surface area contributed by atoms with Crippen molar-refractivity contribution in [3.63, 3.8) is 0 Å². The number of anilines is 1. The van der Waals surface area contributed by atoms with Crippen LogP contribution in [0.5, 0.6) is 5.75 Å². The second-order valence-corrected chi connectivity index (χ2v) is 6.71. The molecule has 2 aromatic carbocycles. The fourth-order valence-corrected chi connectivity index (χ4v) is 3.23. The Morgan fingerprint density at radius 3 is 2.14 bits per heavy atom. The van der Waals surface area contributed by atoms with Gasteiger partial charge in [0, 0.05) is 37.7 Å². The Bertz CT molecular complexity index is 795. The molecule has 0 aliphatic carbocycles. The van der Waals surface area contributed by atoms with E-state index in [9.17, 15) is 9.59 Å².